The maximum Gasteiger partial charge on any atom is 0.295 e. The Balaban J connectivity index is 1.58. The highest BCUT2D eigenvalue weighted by Crippen LogP contribution is 2.41. The summed E-state index contributed by atoms with van der Waals surface area (Å²) in [5.74, 6) is -0.0640. The van der Waals surface area contributed by atoms with Crippen molar-refractivity contribution in [3.05, 3.63) is 94.8 Å². The van der Waals surface area contributed by atoms with E-state index >= 15 is 0 Å². The van der Waals surface area contributed by atoms with E-state index in [0.717, 1.165) is 29.7 Å². The van der Waals surface area contributed by atoms with Gasteiger partial charge in [0.05, 0.1) is 18.2 Å². The van der Waals surface area contributed by atoms with Gasteiger partial charge in [-0.25, -0.2) is 0 Å². The van der Waals surface area contributed by atoms with Crippen LogP contribution in [0.15, 0.2) is 72.6 Å². The zero-order chi connectivity index (χ0) is 25.2. The Morgan fingerprint density at radius 1 is 1.11 bits per heavy atom. The zero-order valence-corrected chi connectivity index (χ0v) is 20.3. The van der Waals surface area contributed by atoms with Gasteiger partial charge in [-0.15, -0.1) is 0 Å². The fourth-order valence-electron chi connectivity index (χ4n) is 4.77. The number of benzene rings is 2. The van der Waals surface area contributed by atoms with Crippen molar-refractivity contribution >= 4 is 17.4 Å². The number of hydrogen-bond acceptors (Lipinski definition) is 6. The fourth-order valence-corrected chi connectivity index (χ4v) is 4.77. The molecule has 0 radical (unpaired) electrons. The summed E-state index contributed by atoms with van der Waals surface area (Å²) < 4.78 is 11.5. The Bertz CT molecular complexity index is 1320. The summed E-state index contributed by atoms with van der Waals surface area (Å²) in [5.41, 5.74) is 3.08. The van der Waals surface area contributed by atoms with E-state index in [1.807, 2.05) is 44.2 Å². The highest BCUT2D eigenvalue weighted by atomic mass is 16.5. The first-order valence-corrected chi connectivity index (χ1v) is 12.2. The number of carbonyl (C=O) groups is 2. The Morgan fingerprint density at radius 3 is 2.58 bits per heavy atom. The lowest BCUT2D eigenvalue weighted by Crippen LogP contribution is -2.29. The van der Waals surface area contributed by atoms with Crippen LogP contribution < -0.4 is 9.47 Å². The summed E-state index contributed by atoms with van der Waals surface area (Å²) in [6.45, 7) is 4.82. The highest BCUT2D eigenvalue weighted by Gasteiger charge is 2.46. The number of aliphatic hydroxyl groups excluding tert-OH is 1. The first kappa shape index (κ1) is 23.6. The van der Waals surface area contributed by atoms with Crippen molar-refractivity contribution in [3.8, 4) is 11.5 Å². The molecule has 1 N–H and O–H groups in total. The number of fused-ring (bicyclic) bond motifs is 1. The minimum atomic E-state index is -0.748. The molecule has 0 bridgehead atoms. The van der Waals surface area contributed by atoms with E-state index in [1.165, 1.54) is 4.90 Å². The topological polar surface area (TPSA) is 89.0 Å². The van der Waals surface area contributed by atoms with Crippen molar-refractivity contribution in [3.63, 3.8) is 0 Å². The van der Waals surface area contributed by atoms with Crippen LogP contribution in [0.5, 0.6) is 11.5 Å². The summed E-state index contributed by atoms with van der Waals surface area (Å²) >= 11 is 0. The number of aromatic nitrogens is 1. The van der Waals surface area contributed by atoms with Gasteiger partial charge in [-0.3, -0.25) is 14.6 Å². The second-order valence-corrected chi connectivity index (χ2v) is 9.16. The van der Waals surface area contributed by atoms with Crippen LogP contribution in [0.4, 0.5) is 0 Å². The predicted molar refractivity (Wildman–Crippen MR) is 135 cm³/mol. The third-order valence-electron chi connectivity index (χ3n) is 6.48. The lowest BCUT2D eigenvalue weighted by Gasteiger charge is -2.25. The van der Waals surface area contributed by atoms with Crippen LogP contribution >= 0.6 is 0 Å². The number of amides is 1. The minimum Gasteiger partial charge on any atom is -0.507 e. The van der Waals surface area contributed by atoms with Gasteiger partial charge < -0.3 is 19.5 Å². The molecule has 2 aliphatic heterocycles. The Labute approximate surface area is 210 Å². The Morgan fingerprint density at radius 2 is 1.86 bits per heavy atom. The standard InChI is InChI=1S/C29H28N2O5/c1-3-14-35-23-7-4-20(5-8-23)26-25(27(32)21-6-9-24-22(16-21)15-18(2)36-24)28(33)29(34)31(26)17-19-10-12-30-13-11-19/h4-13,16,18,26,32H,3,14-15,17H2,1-2H3/b27-25+. The molecule has 2 atom stereocenters. The molecule has 3 heterocycles. The molecule has 1 amide bonds. The first-order chi connectivity index (χ1) is 17.5. The molecule has 2 aliphatic rings. The highest BCUT2D eigenvalue weighted by molar-refractivity contribution is 6.46. The molecule has 5 rings (SSSR count). The lowest BCUT2D eigenvalue weighted by molar-refractivity contribution is -0.140. The van der Waals surface area contributed by atoms with Crippen LogP contribution in [-0.4, -0.2) is 39.4 Å². The number of ketones is 1. The molecule has 1 saturated heterocycles. The van der Waals surface area contributed by atoms with Crippen molar-refractivity contribution in [2.24, 2.45) is 0 Å². The molecule has 1 aromatic heterocycles. The number of aliphatic hydroxyl groups is 1. The van der Waals surface area contributed by atoms with Gasteiger partial charge in [-0.05, 0) is 72.5 Å². The molecular weight excluding hydrogens is 456 g/mol. The summed E-state index contributed by atoms with van der Waals surface area (Å²) in [4.78, 5) is 32.1. The summed E-state index contributed by atoms with van der Waals surface area (Å²) in [5, 5.41) is 11.4. The van der Waals surface area contributed by atoms with Gasteiger partial charge in [0.25, 0.3) is 11.7 Å². The van der Waals surface area contributed by atoms with Gasteiger partial charge in [0.1, 0.15) is 23.4 Å². The van der Waals surface area contributed by atoms with Gasteiger partial charge in [0.2, 0.25) is 0 Å². The van der Waals surface area contributed by atoms with Gasteiger partial charge in [0, 0.05) is 30.9 Å². The second kappa shape index (κ2) is 9.85. The number of rotatable bonds is 7. The van der Waals surface area contributed by atoms with E-state index in [0.29, 0.717) is 23.5 Å². The molecule has 184 valence electrons. The number of pyridine rings is 1. The van der Waals surface area contributed by atoms with E-state index < -0.39 is 17.7 Å². The molecular formula is C29H28N2O5. The van der Waals surface area contributed by atoms with Crippen molar-refractivity contribution in [2.45, 2.75) is 45.4 Å². The number of nitrogens with zero attached hydrogens (tertiary/aromatic N) is 2. The predicted octanol–water partition coefficient (Wildman–Crippen LogP) is 4.82. The van der Waals surface area contributed by atoms with Crippen molar-refractivity contribution in [1.82, 2.24) is 9.88 Å². The van der Waals surface area contributed by atoms with Crippen LogP contribution in [0.25, 0.3) is 5.76 Å². The van der Waals surface area contributed by atoms with Crippen LogP contribution in [0.1, 0.15) is 48.6 Å². The smallest absolute Gasteiger partial charge is 0.295 e. The molecule has 7 heteroatoms. The summed E-state index contributed by atoms with van der Waals surface area (Å²) in [7, 11) is 0. The van der Waals surface area contributed by atoms with Crippen molar-refractivity contribution in [1.29, 1.82) is 0 Å². The van der Waals surface area contributed by atoms with Gasteiger partial charge in [-0.1, -0.05) is 19.1 Å². The molecule has 1 fully saturated rings. The van der Waals surface area contributed by atoms with E-state index in [-0.39, 0.29) is 24.0 Å². The van der Waals surface area contributed by atoms with Crippen molar-refractivity contribution < 1.29 is 24.2 Å². The Kier molecular flexibility index (Phi) is 6.46. The number of ether oxygens (including phenoxy) is 2. The normalized spacial score (nSPS) is 20.3. The largest absolute Gasteiger partial charge is 0.507 e. The van der Waals surface area contributed by atoms with Gasteiger partial charge >= 0.3 is 0 Å². The zero-order valence-electron chi connectivity index (χ0n) is 20.3. The molecule has 0 saturated carbocycles. The van der Waals surface area contributed by atoms with Crippen LogP contribution in [-0.2, 0) is 22.6 Å². The average Bonchev–Trinajstić information content (AvgIpc) is 3.39. The van der Waals surface area contributed by atoms with Crippen LogP contribution in [0.3, 0.4) is 0 Å². The number of likely N-dealkylation sites (tertiary alicyclic amines) is 1. The monoisotopic (exact) mass is 484 g/mol. The third kappa shape index (κ3) is 4.44. The lowest BCUT2D eigenvalue weighted by atomic mass is 9.94. The minimum absolute atomic E-state index is 0.0526. The van der Waals surface area contributed by atoms with E-state index in [2.05, 4.69) is 4.98 Å². The maximum atomic E-state index is 13.3. The molecule has 7 nitrogen and oxygen atoms in total. The SMILES string of the molecule is CCCOc1ccc(C2/C(=C(\O)c3ccc4c(c3)CC(C)O4)C(=O)C(=O)N2Cc2ccncc2)cc1. The molecule has 2 unspecified atom stereocenters. The summed E-state index contributed by atoms with van der Waals surface area (Å²) in [6, 6.07) is 15.6. The van der Waals surface area contributed by atoms with E-state index in [9.17, 15) is 14.7 Å². The number of Topliss-reactive ketones (excluding diaryl/α,β-unsaturated/α-hetero) is 1. The maximum absolute atomic E-state index is 13.3. The molecule has 36 heavy (non-hydrogen) atoms. The van der Waals surface area contributed by atoms with Crippen LogP contribution in [0.2, 0.25) is 0 Å². The van der Waals surface area contributed by atoms with Crippen LogP contribution in [0, 0.1) is 0 Å². The first-order valence-electron chi connectivity index (χ1n) is 12.2. The van der Waals surface area contributed by atoms with Crippen molar-refractivity contribution in [2.75, 3.05) is 6.61 Å². The third-order valence-corrected chi connectivity index (χ3v) is 6.48. The number of hydrogen-bond donors (Lipinski definition) is 1. The molecule has 0 aliphatic carbocycles. The second-order valence-electron chi connectivity index (χ2n) is 9.16. The quantitative estimate of drug-likeness (QED) is 0.294. The summed E-state index contributed by atoms with van der Waals surface area (Å²) in [6.07, 6.45) is 4.95. The average molecular weight is 485 g/mol. The molecule has 3 aromatic rings. The van der Waals surface area contributed by atoms with Gasteiger partial charge in [-0.2, -0.15) is 0 Å². The van der Waals surface area contributed by atoms with E-state index in [4.69, 9.17) is 9.47 Å². The molecule has 0 spiro atoms. The molecule has 2 aromatic carbocycles. The Hall–Kier alpha value is -4.13. The number of carbonyl (C=O) groups excluding carboxylic acids is 2. The van der Waals surface area contributed by atoms with Gasteiger partial charge in [0.15, 0.2) is 0 Å². The van der Waals surface area contributed by atoms with E-state index in [1.54, 1.807) is 36.7 Å². The fraction of sp³-hybridized carbons (Fsp3) is 0.276.